The van der Waals surface area contributed by atoms with E-state index in [2.05, 4.69) is 26.7 Å². The van der Waals surface area contributed by atoms with Gasteiger partial charge in [0.05, 0.1) is 4.90 Å². The molecule has 1 unspecified atom stereocenters. The molecule has 0 heterocycles. The number of sulfonamides is 1. The number of nitrogens with one attached hydrogen (secondary N) is 1. The highest BCUT2D eigenvalue weighted by atomic mass is 79.9. The molecule has 3 nitrogen and oxygen atoms in total. The normalized spacial score (nSPS) is 20.4. The van der Waals surface area contributed by atoms with E-state index in [1.807, 2.05) is 6.08 Å². The summed E-state index contributed by atoms with van der Waals surface area (Å²) in [6.07, 6.45) is 6.69. The molecule has 0 radical (unpaired) electrons. The molecule has 0 amide bonds. The highest BCUT2D eigenvalue weighted by Gasteiger charge is 2.19. The minimum atomic E-state index is -3.38. The molecular formula is C12H14BrNO2S. The van der Waals surface area contributed by atoms with Gasteiger partial charge in [0.2, 0.25) is 10.0 Å². The van der Waals surface area contributed by atoms with Gasteiger partial charge in [-0.2, -0.15) is 0 Å². The maximum absolute atomic E-state index is 12.1. The maximum atomic E-state index is 12.1. The van der Waals surface area contributed by atoms with E-state index >= 15 is 0 Å². The second-order valence-electron chi connectivity index (χ2n) is 4.06. The SMILES string of the molecule is O=S(=O)(NC1CC=CCC1)c1ccc(Br)cc1. The van der Waals surface area contributed by atoms with Crippen molar-refractivity contribution in [2.24, 2.45) is 0 Å². The van der Waals surface area contributed by atoms with Crippen LogP contribution in [0.3, 0.4) is 0 Å². The van der Waals surface area contributed by atoms with Crippen LogP contribution in [0.5, 0.6) is 0 Å². The Hall–Kier alpha value is -0.650. The molecule has 0 spiro atoms. The van der Waals surface area contributed by atoms with E-state index in [-0.39, 0.29) is 6.04 Å². The first-order valence-corrected chi connectivity index (χ1v) is 7.78. The van der Waals surface area contributed by atoms with Crippen LogP contribution in [0.2, 0.25) is 0 Å². The molecule has 0 saturated heterocycles. The van der Waals surface area contributed by atoms with Crippen LogP contribution < -0.4 is 4.72 Å². The molecule has 1 aliphatic carbocycles. The van der Waals surface area contributed by atoms with Crippen molar-refractivity contribution in [3.8, 4) is 0 Å². The Bertz CT molecular complexity index is 508. The number of hydrogen-bond donors (Lipinski definition) is 1. The molecule has 17 heavy (non-hydrogen) atoms. The van der Waals surface area contributed by atoms with E-state index in [1.54, 1.807) is 24.3 Å². The summed E-state index contributed by atoms with van der Waals surface area (Å²) in [4.78, 5) is 0.315. The van der Waals surface area contributed by atoms with Crippen LogP contribution in [-0.2, 0) is 10.0 Å². The zero-order valence-corrected chi connectivity index (χ0v) is 11.7. The van der Waals surface area contributed by atoms with E-state index in [1.165, 1.54) is 0 Å². The summed E-state index contributed by atoms with van der Waals surface area (Å²) in [5.74, 6) is 0. The molecule has 1 aromatic carbocycles. The molecule has 0 bridgehead atoms. The summed E-state index contributed by atoms with van der Waals surface area (Å²) in [5, 5.41) is 0. The largest absolute Gasteiger partial charge is 0.240 e. The van der Waals surface area contributed by atoms with Crippen LogP contribution in [0, 0.1) is 0 Å². The van der Waals surface area contributed by atoms with Crippen molar-refractivity contribution in [2.75, 3.05) is 0 Å². The van der Waals surface area contributed by atoms with Gasteiger partial charge in [0.1, 0.15) is 0 Å². The van der Waals surface area contributed by atoms with Crippen molar-refractivity contribution < 1.29 is 8.42 Å². The average Bonchev–Trinajstić information content (AvgIpc) is 2.30. The third-order valence-corrected chi connectivity index (χ3v) is 4.78. The van der Waals surface area contributed by atoms with Gasteiger partial charge < -0.3 is 0 Å². The summed E-state index contributed by atoms with van der Waals surface area (Å²) >= 11 is 3.29. The number of halogens is 1. The summed E-state index contributed by atoms with van der Waals surface area (Å²) in [7, 11) is -3.38. The molecule has 0 aliphatic heterocycles. The van der Waals surface area contributed by atoms with Gasteiger partial charge in [-0.05, 0) is 43.5 Å². The minimum absolute atomic E-state index is 0.0219. The van der Waals surface area contributed by atoms with E-state index < -0.39 is 10.0 Å². The molecular weight excluding hydrogens is 302 g/mol. The Kier molecular flexibility index (Phi) is 4.01. The Morgan fingerprint density at radius 1 is 1.18 bits per heavy atom. The Balaban J connectivity index is 2.13. The van der Waals surface area contributed by atoms with Crippen molar-refractivity contribution in [3.63, 3.8) is 0 Å². The zero-order valence-electron chi connectivity index (χ0n) is 9.27. The first kappa shape index (κ1) is 12.8. The lowest BCUT2D eigenvalue weighted by Crippen LogP contribution is -2.35. The predicted octanol–water partition coefficient (Wildman–Crippen LogP) is 2.84. The van der Waals surface area contributed by atoms with Crippen molar-refractivity contribution in [3.05, 3.63) is 40.9 Å². The fourth-order valence-corrected chi connectivity index (χ4v) is 3.35. The van der Waals surface area contributed by atoms with Crippen LogP contribution in [0.1, 0.15) is 19.3 Å². The molecule has 2 rings (SSSR count). The standard InChI is InChI=1S/C12H14BrNO2S/c13-10-6-8-12(9-7-10)17(15,16)14-11-4-2-1-3-5-11/h1-2,6-9,11,14H,3-5H2. The third-order valence-electron chi connectivity index (χ3n) is 2.71. The topological polar surface area (TPSA) is 46.2 Å². The summed E-state index contributed by atoms with van der Waals surface area (Å²) in [6, 6.07) is 6.69. The van der Waals surface area contributed by atoms with Crippen molar-refractivity contribution in [1.29, 1.82) is 0 Å². The first-order chi connectivity index (χ1) is 8.08. The Labute approximate surface area is 110 Å². The number of allylic oxidation sites excluding steroid dienone is 1. The fourth-order valence-electron chi connectivity index (χ4n) is 1.80. The van der Waals surface area contributed by atoms with Crippen LogP contribution in [0.4, 0.5) is 0 Å². The third kappa shape index (κ3) is 3.40. The van der Waals surface area contributed by atoms with E-state index in [9.17, 15) is 8.42 Å². The second-order valence-corrected chi connectivity index (χ2v) is 6.69. The highest BCUT2D eigenvalue weighted by molar-refractivity contribution is 9.10. The average molecular weight is 316 g/mol. The maximum Gasteiger partial charge on any atom is 0.240 e. The monoisotopic (exact) mass is 315 g/mol. The predicted molar refractivity (Wildman–Crippen MR) is 71.2 cm³/mol. The number of hydrogen-bond acceptors (Lipinski definition) is 2. The van der Waals surface area contributed by atoms with Crippen LogP contribution in [0.25, 0.3) is 0 Å². The molecule has 1 aromatic rings. The van der Waals surface area contributed by atoms with Crippen molar-refractivity contribution in [1.82, 2.24) is 4.72 Å². The molecule has 0 saturated carbocycles. The lowest BCUT2D eigenvalue weighted by atomic mass is 10.0. The van der Waals surface area contributed by atoms with E-state index in [0.717, 1.165) is 23.7 Å². The lowest BCUT2D eigenvalue weighted by molar-refractivity contribution is 0.522. The molecule has 0 aromatic heterocycles. The lowest BCUT2D eigenvalue weighted by Gasteiger charge is -2.19. The first-order valence-electron chi connectivity index (χ1n) is 5.51. The van der Waals surface area contributed by atoms with E-state index in [4.69, 9.17) is 0 Å². The fraction of sp³-hybridized carbons (Fsp3) is 0.333. The molecule has 1 aliphatic rings. The minimum Gasteiger partial charge on any atom is -0.208 e. The van der Waals surface area contributed by atoms with Gasteiger partial charge in [0.15, 0.2) is 0 Å². The Morgan fingerprint density at radius 3 is 2.47 bits per heavy atom. The van der Waals surface area contributed by atoms with E-state index in [0.29, 0.717) is 4.90 Å². The number of benzene rings is 1. The van der Waals surface area contributed by atoms with Gasteiger partial charge >= 0.3 is 0 Å². The summed E-state index contributed by atoms with van der Waals surface area (Å²) in [6.45, 7) is 0. The summed E-state index contributed by atoms with van der Waals surface area (Å²) in [5.41, 5.74) is 0. The van der Waals surface area contributed by atoms with Crippen molar-refractivity contribution >= 4 is 26.0 Å². The van der Waals surface area contributed by atoms with Gasteiger partial charge in [-0.1, -0.05) is 28.1 Å². The van der Waals surface area contributed by atoms with Crippen LogP contribution >= 0.6 is 15.9 Å². The Morgan fingerprint density at radius 2 is 1.88 bits per heavy atom. The van der Waals surface area contributed by atoms with Crippen molar-refractivity contribution in [2.45, 2.75) is 30.2 Å². The van der Waals surface area contributed by atoms with Gasteiger partial charge in [0, 0.05) is 10.5 Å². The molecule has 1 N–H and O–H groups in total. The van der Waals surface area contributed by atoms with Gasteiger partial charge in [0.25, 0.3) is 0 Å². The zero-order chi connectivity index (χ0) is 12.3. The smallest absolute Gasteiger partial charge is 0.208 e. The molecule has 5 heteroatoms. The van der Waals surface area contributed by atoms with Gasteiger partial charge in [-0.15, -0.1) is 0 Å². The second kappa shape index (κ2) is 5.33. The highest BCUT2D eigenvalue weighted by Crippen LogP contribution is 2.17. The quantitative estimate of drug-likeness (QED) is 0.872. The molecule has 92 valence electrons. The van der Waals surface area contributed by atoms with Crippen LogP contribution in [0.15, 0.2) is 45.8 Å². The van der Waals surface area contributed by atoms with Crippen LogP contribution in [-0.4, -0.2) is 14.5 Å². The van der Waals surface area contributed by atoms with Gasteiger partial charge in [-0.25, -0.2) is 13.1 Å². The van der Waals surface area contributed by atoms with Gasteiger partial charge in [-0.3, -0.25) is 0 Å². The molecule has 1 atom stereocenters. The summed E-state index contributed by atoms with van der Waals surface area (Å²) < 4.78 is 27.7. The molecule has 0 fully saturated rings. The number of rotatable bonds is 3.